The molecule has 0 radical (unpaired) electrons. The zero-order valence-electron chi connectivity index (χ0n) is 15.2. The van der Waals surface area contributed by atoms with E-state index in [1.807, 2.05) is 4.90 Å². The van der Waals surface area contributed by atoms with Gasteiger partial charge in [-0.15, -0.1) is 0 Å². The SMILES string of the molecule is COC(=O)c1cc(S(=O)(=O)N2CCN(c3ccccc3F)CC2)ccc1C. The Morgan fingerprint density at radius 2 is 1.74 bits per heavy atom. The van der Waals surface area contributed by atoms with E-state index < -0.39 is 16.0 Å². The van der Waals surface area contributed by atoms with E-state index in [4.69, 9.17) is 4.74 Å². The third-order valence-electron chi connectivity index (χ3n) is 4.68. The summed E-state index contributed by atoms with van der Waals surface area (Å²) in [6.07, 6.45) is 0. The first kappa shape index (κ1) is 19.3. The van der Waals surface area contributed by atoms with Crippen LogP contribution in [0.1, 0.15) is 15.9 Å². The van der Waals surface area contributed by atoms with Gasteiger partial charge in [-0.25, -0.2) is 17.6 Å². The number of benzene rings is 2. The summed E-state index contributed by atoms with van der Waals surface area (Å²) in [7, 11) is -2.50. The van der Waals surface area contributed by atoms with Crippen molar-refractivity contribution in [3.8, 4) is 0 Å². The third kappa shape index (κ3) is 3.81. The number of aryl methyl sites for hydroxylation is 1. The van der Waals surface area contributed by atoms with Gasteiger partial charge in [-0.05, 0) is 36.8 Å². The Morgan fingerprint density at radius 1 is 1.07 bits per heavy atom. The number of ether oxygens (including phenoxy) is 1. The van der Waals surface area contributed by atoms with Gasteiger partial charge < -0.3 is 9.64 Å². The summed E-state index contributed by atoms with van der Waals surface area (Å²) in [6, 6.07) is 10.9. The molecule has 0 amide bonds. The zero-order valence-corrected chi connectivity index (χ0v) is 16.0. The highest BCUT2D eigenvalue weighted by atomic mass is 32.2. The van der Waals surface area contributed by atoms with Crippen molar-refractivity contribution in [3.63, 3.8) is 0 Å². The topological polar surface area (TPSA) is 66.9 Å². The van der Waals surface area contributed by atoms with Crippen molar-refractivity contribution in [2.45, 2.75) is 11.8 Å². The molecule has 2 aromatic carbocycles. The minimum absolute atomic E-state index is 0.0489. The second kappa shape index (κ2) is 7.66. The van der Waals surface area contributed by atoms with Crippen LogP contribution in [0.25, 0.3) is 0 Å². The molecule has 3 rings (SSSR count). The molecule has 8 heteroatoms. The number of carbonyl (C=O) groups excluding carboxylic acids is 1. The van der Waals surface area contributed by atoms with E-state index in [0.29, 0.717) is 24.3 Å². The highest BCUT2D eigenvalue weighted by molar-refractivity contribution is 7.89. The number of para-hydroxylation sites is 1. The summed E-state index contributed by atoms with van der Waals surface area (Å²) in [5.74, 6) is -0.899. The average Bonchev–Trinajstić information content (AvgIpc) is 2.68. The lowest BCUT2D eigenvalue weighted by Crippen LogP contribution is -2.48. The van der Waals surface area contributed by atoms with Crippen molar-refractivity contribution < 1.29 is 22.3 Å². The number of anilines is 1. The van der Waals surface area contributed by atoms with Gasteiger partial charge in [0.25, 0.3) is 0 Å². The average molecular weight is 392 g/mol. The number of halogens is 1. The lowest BCUT2D eigenvalue weighted by molar-refractivity contribution is 0.0599. The van der Waals surface area contributed by atoms with Crippen molar-refractivity contribution in [1.29, 1.82) is 0 Å². The molecule has 1 heterocycles. The van der Waals surface area contributed by atoms with Crippen LogP contribution in [-0.2, 0) is 14.8 Å². The fourth-order valence-corrected chi connectivity index (χ4v) is 4.57. The molecule has 1 aliphatic rings. The van der Waals surface area contributed by atoms with E-state index in [2.05, 4.69) is 0 Å². The van der Waals surface area contributed by atoms with Gasteiger partial charge in [0.15, 0.2) is 0 Å². The predicted octanol–water partition coefficient (Wildman–Crippen LogP) is 2.43. The monoisotopic (exact) mass is 392 g/mol. The fourth-order valence-electron chi connectivity index (χ4n) is 3.12. The Balaban J connectivity index is 1.79. The van der Waals surface area contributed by atoms with Gasteiger partial charge in [0.2, 0.25) is 10.0 Å². The molecule has 0 atom stereocenters. The van der Waals surface area contributed by atoms with Crippen LogP contribution in [0.5, 0.6) is 0 Å². The van der Waals surface area contributed by atoms with E-state index in [1.165, 1.54) is 29.6 Å². The smallest absolute Gasteiger partial charge is 0.338 e. The zero-order chi connectivity index (χ0) is 19.6. The number of rotatable bonds is 4. The van der Waals surface area contributed by atoms with Gasteiger partial charge in [-0.1, -0.05) is 18.2 Å². The van der Waals surface area contributed by atoms with E-state index >= 15 is 0 Å². The van der Waals surface area contributed by atoms with Gasteiger partial charge in [0, 0.05) is 26.2 Å². The highest BCUT2D eigenvalue weighted by Gasteiger charge is 2.30. The maximum atomic E-state index is 13.9. The van der Waals surface area contributed by atoms with Crippen LogP contribution in [0.2, 0.25) is 0 Å². The molecule has 0 saturated carbocycles. The van der Waals surface area contributed by atoms with Crippen molar-refractivity contribution in [3.05, 3.63) is 59.4 Å². The lowest BCUT2D eigenvalue weighted by Gasteiger charge is -2.35. The van der Waals surface area contributed by atoms with Crippen molar-refractivity contribution >= 4 is 21.7 Å². The van der Waals surface area contributed by atoms with Crippen LogP contribution in [0.4, 0.5) is 10.1 Å². The molecule has 1 aliphatic heterocycles. The minimum Gasteiger partial charge on any atom is -0.465 e. The van der Waals surface area contributed by atoms with E-state index in [-0.39, 0.29) is 29.4 Å². The lowest BCUT2D eigenvalue weighted by atomic mass is 10.1. The second-order valence-electron chi connectivity index (χ2n) is 6.31. The maximum absolute atomic E-state index is 13.9. The molecule has 0 aliphatic carbocycles. The summed E-state index contributed by atoms with van der Waals surface area (Å²) in [6.45, 7) is 2.96. The Morgan fingerprint density at radius 3 is 2.37 bits per heavy atom. The van der Waals surface area contributed by atoms with Crippen molar-refractivity contribution in [1.82, 2.24) is 4.31 Å². The number of hydrogen-bond acceptors (Lipinski definition) is 5. The largest absolute Gasteiger partial charge is 0.465 e. The van der Waals surface area contributed by atoms with Crippen LogP contribution in [0, 0.1) is 12.7 Å². The number of piperazine rings is 1. The van der Waals surface area contributed by atoms with E-state index in [9.17, 15) is 17.6 Å². The van der Waals surface area contributed by atoms with E-state index in [0.717, 1.165) is 0 Å². The second-order valence-corrected chi connectivity index (χ2v) is 8.25. The number of carbonyl (C=O) groups is 1. The molecular formula is C19H21FN2O4S. The van der Waals surface area contributed by atoms with Crippen molar-refractivity contribution in [2.75, 3.05) is 38.2 Å². The summed E-state index contributed by atoms with van der Waals surface area (Å²) < 4.78 is 45.9. The number of nitrogens with zero attached hydrogens (tertiary/aromatic N) is 2. The van der Waals surface area contributed by atoms with E-state index in [1.54, 1.807) is 31.2 Å². The first-order valence-electron chi connectivity index (χ1n) is 8.53. The van der Waals surface area contributed by atoms with Gasteiger partial charge >= 0.3 is 5.97 Å². The van der Waals surface area contributed by atoms with Crippen LogP contribution in [0.15, 0.2) is 47.4 Å². The number of hydrogen-bond donors (Lipinski definition) is 0. The first-order chi connectivity index (χ1) is 12.8. The molecule has 0 bridgehead atoms. The van der Waals surface area contributed by atoms with Gasteiger partial charge in [0.1, 0.15) is 5.82 Å². The normalized spacial score (nSPS) is 15.6. The van der Waals surface area contributed by atoms with Gasteiger partial charge in [0.05, 0.1) is 23.3 Å². The summed E-state index contributed by atoms with van der Waals surface area (Å²) in [5, 5.41) is 0. The first-order valence-corrected chi connectivity index (χ1v) is 9.97. The van der Waals surface area contributed by atoms with Crippen molar-refractivity contribution in [2.24, 2.45) is 0 Å². The summed E-state index contributed by atoms with van der Waals surface area (Å²) >= 11 is 0. The Kier molecular flexibility index (Phi) is 5.48. The molecular weight excluding hydrogens is 371 g/mol. The maximum Gasteiger partial charge on any atom is 0.338 e. The number of esters is 1. The molecule has 2 aromatic rings. The molecule has 27 heavy (non-hydrogen) atoms. The molecule has 6 nitrogen and oxygen atoms in total. The Labute approximate surface area is 158 Å². The molecule has 1 fully saturated rings. The molecule has 1 saturated heterocycles. The molecule has 144 valence electrons. The standard InChI is InChI=1S/C19H21FN2O4S/c1-14-7-8-15(13-16(14)19(23)26-2)27(24,25)22-11-9-21(10-12-22)18-6-4-3-5-17(18)20/h3-8,13H,9-12H2,1-2H3. The van der Waals surface area contributed by atoms with Crippen LogP contribution < -0.4 is 4.90 Å². The van der Waals surface area contributed by atoms with Gasteiger partial charge in [-0.3, -0.25) is 0 Å². The van der Waals surface area contributed by atoms with Crippen LogP contribution in [0.3, 0.4) is 0 Å². The molecule has 0 spiro atoms. The Bertz CT molecular complexity index is 954. The van der Waals surface area contributed by atoms with Crippen LogP contribution in [-0.4, -0.2) is 52.0 Å². The highest BCUT2D eigenvalue weighted by Crippen LogP contribution is 2.24. The fraction of sp³-hybridized carbons (Fsp3) is 0.316. The van der Waals surface area contributed by atoms with Gasteiger partial charge in [-0.2, -0.15) is 4.31 Å². The molecule has 0 unspecified atom stereocenters. The predicted molar refractivity (Wildman–Crippen MR) is 99.9 cm³/mol. The number of methoxy groups -OCH3 is 1. The Hall–Kier alpha value is -2.45. The number of sulfonamides is 1. The molecule has 0 aromatic heterocycles. The van der Waals surface area contributed by atoms with Crippen LogP contribution >= 0.6 is 0 Å². The summed E-state index contributed by atoms with van der Waals surface area (Å²) in [4.78, 5) is 13.7. The molecule has 0 N–H and O–H groups in total. The minimum atomic E-state index is -3.75. The summed E-state index contributed by atoms with van der Waals surface area (Å²) in [5.41, 5.74) is 1.34. The third-order valence-corrected chi connectivity index (χ3v) is 6.58. The quantitative estimate of drug-likeness (QED) is 0.748.